The molecule has 78 heavy (non-hydrogen) atoms. The monoisotopic (exact) mass is 1110 g/mol. The van der Waals surface area contributed by atoms with E-state index in [4.69, 9.17) is 14.2 Å². The molecule has 11 heteroatoms. The second-order valence-corrected chi connectivity index (χ2v) is 23.9. The van der Waals surface area contributed by atoms with Crippen molar-refractivity contribution in [3.8, 4) is 0 Å². The summed E-state index contributed by atoms with van der Waals surface area (Å²) in [5.74, 6) is -1.17. The minimum absolute atomic E-state index is 0.132. The molecule has 8 unspecified atom stereocenters. The Morgan fingerprint density at radius 2 is 0.833 bits per heavy atom. The molecule has 6 N–H and O–H groups in total. The summed E-state index contributed by atoms with van der Waals surface area (Å²) in [6.45, 7) is 5.85. The topological polar surface area (TPSA) is 175 Å². The summed E-state index contributed by atoms with van der Waals surface area (Å²) in [4.78, 5) is 26.6. The van der Waals surface area contributed by atoms with Gasteiger partial charge in [-0.2, -0.15) is 0 Å². The van der Waals surface area contributed by atoms with Crippen LogP contribution in [0.5, 0.6) is 0 Å². The summed E-state index contributed by atoms with van der Waals surface area (Å²) < 4.78 is 17.7. The lowest BCUT2D eigenvalue weighted by molar-refractivity contribution is -0.305. The highest BCUT2D eigenvalue weighted by molar-refractivity contribution is 5.80. The Bertz CT molecular complexity index is 1320. The summed E-state index contributed by atoms with van der Waals surface area (Å²) in [5, 5.41) is 57.1. The van der Waals surface area contributed by atoms with E-state index in [1.54, 1.807) is 6.08 Å². The van der Waals surface area contributed by atoms with Crippen LogP contribution in [0.15, 0.2) is 12.2 Å². The third-order valence-electron chi connectivity index (χ3n) is 16.4. The van der Waals surface area contributed by atoms with E-state index in [-0.39, 0.29) is 13.0 Å². The van der Waals surface area contributed by atoms with E-state index < -0.39 is 67.4 Å². The Hall–Kier alpha value is -1.60. The number of hydrogen-bond acceptors (Lipinski definition) is 10. The quantitative estimate of drug-likeness (QED) is 0.0195. The fourth-order valence-corrected chi connectivity index (χ4v) is 11.1. The van der Waals surface area contributed by atoms with Crippen LogP contribution in [0.25, 0.3) is 0 Å². The Kier molecular flexibility index (Phi) is 53.3. The van der Waals surface area contributed by atoms with Crippen LogP contribution in [-0.2, 0) is 23.8 Å². The van der Waals surface area contributed by atoms with Gasteiger partial charge < -0.3 is 45.1 Å². The standard InChI is InChI=1S/C67H129NO10/c1-4-7-10-13-16-19-22-25-27-29-30-31-32-33-35-37-40-43-46-49-52-55-62(72)78-65-64(74)63(73)61(56-69)77-67(65)76-57-58(59(70)53-50-47-44-41-38-24-21-18-15-12-9-6-3)68-66(75)60(71)54-51-48-45-42-39-36-34-28-26-23-20-17-14-11-8-5-2/h50,53,58-61,63-65,67,69-71,73-74H,4-49,51-52,54-57H2,1-3H3,(H,68,75)/b53-50+. The molecular weight excluding hydrogens is 979 g/mol. The number of allylic oxidation sites excluding steroid dienone is 1. The third-order valence-corrected chi connectivity index (χ3v) is 16.4. The second-order valence-electron chi connectivity index (χ2n) is 23.9. The van der Waals surface area contributed by atoms with E-state index in [9.17, 15) is 35.1 Å². The Morgan fingerprint density at radius 1 is 0.487 bits per heavy atom. The largest absolute Gasteiger partial charge is 0.454 e. The van der Waals surface area contributed by atoms with Gasteiger partial charge >= 0.3 is 5.97 Å². The molecule has 0 bridgehead atoms. The minimum Gasteiger partial charge on any atom is -0.454 e. The van der Waals surface area contributed by atoms with Gasteiger partial charge in [0, 0.05) is 6.42 Å². The SMILES string of the molecule is CCCCCCCCCCCC/C=C/C(O)C(COC1OC(CO)C(O)C(O)C1OC(=O)CCCCCCCCCCCCCCCCCCCCCCC)NC(=O)C(O)CCCCCCCCCCCCCCCCCC. The van der Waals surface area contributed by atoms with Crippen LogP contribution in [0.1, 0.15) is 342 Å². The smallest absolute Gasteiger partial charge is 0.306 e. The average molecular weight is 1110 g/mol. The highest BCUT2D eigenvalue weighted by Gasteiger charge is 2.47. The van der Waals surface area contributed by atoms with Gasteiger partial charge in [-0.15, -0.1) is 0 Å². The number of amides is 1. The van der Waals surface area contributed by atoms with Crippen LogP contribution in [0.2, 0.25) is 0 Å². The van der Waals surface area contributed by atoms with E-state index in [1.807, 2.05) is 6.08 Å². The van der Waals surface area contributed by atoms with Gasteiger partial charge in [0.1, 0.15) is 24.4 Å². The number of carbonyl (C=O) groups is 2. The molecule has 0 aromatic rings. The molecule has 11 nitrogen and oxygen atoms in total. The molecule has 0 saturated carbocycles. The zero-order chi connectivity index (χ0) is 56.8. The van der Waals surface area contributed by atoms with Gasteiger partial charge in [0.2, 0.25) is 5.91 Å². The summed E-state index contributed by atoms with van der Waals surface area (Å²) in [5.41, 5.74) is 0. The van der Waals surface area contributed by atoms with E-state index in [0.717, 1.165) is 57.8 Å². The van der Waals surface area contributed by atoms with Gasteiger partial charge in [-0.3, -0.25) is 9.59 Å². The van der Waals surface area contributed by atoms with Crippen molar-refractivity contribution in [3.05, 3.63) is 12.2 Å². The van der Waals surface area contributed by atoms with Crippen LogP contribution in [0, 0.1) is 0 Å². The normalized spacial score (nSPS) is 18.9. The number of hydrogen-bond donors (Lipinski definition) is 6. The van der Waals surface area contributed by atoms with Crippen molar-refractivity contribution in [1.29, 1.82) is 0 Å². The van der Waals surface area contributed by atoms with Crippen molar-refractivity contribution in [2.24, 2.45) is 0 Å². The van der Waals surface area contributed by atoms with Crippen LogP contribution in [0.4, 0.5) is 0 Å². The van der Waals surface area contributed by atoms with Crippen LogP contribution >= 0.6 is 0 Å². The third kappa shape index (κ3) is 43.1. The van der Waals surface area contributed by atoms with Crippen LogP contribution in [-0.4, -0.2) is 99.6 Å². The maximum absolute atomic E-state index is 13.4. The molecule has 1 rings (SSSR count). The number of esters is 1. The summed E-state index contributed by atoms with van der Waals surface area (Å²) >= 11 is 0. The Balaban J connectivity index is 2.59. The average Bonchev–Trinajstić information content (AvgIpc) is 3.44. The number of carbonyl (C=O) groups excluding carboxylic acids is 2. The molecule has 0 aromatic heterocycles. The van der Waals surface area contributed by atoms with Crippen LogP contribution in [0.3, 0.4) is 0 Å². The Labute approximate surface area is 480 Å². The zero-order valence-corrected chi connectivity index (χ0v) is 51.3. The van der Waals surface area contributed by atoms with E-state index in [0.29, 0.717) is 19.3 Å². The first-order valence-electron chi connectivity index (χ1n) is 34.0. The summed E-state index contributed by atoms with van der Waals surface area (Å²) in [7, 11) is 0. The summed E-state index contributed by atoms with van der Waals surface area (Å²) in [6, 6.07) is -1.02. The first-order valence-corrected chi connectivity index (χ1v) is 34.0. The molecule has 0 radical (unpaired) electrons. The summed E-state index contributed by atoms with van der Waals surface area (Å²) in [6.07, 6.45) is 53.9. The molecule has 0 spiro atoms. The first kappa shape index (κ1) is 74.4. The number of rotatable bonds is 59. The number of aliphatic hydroxyl groups excluding tert-OH is 5. The molecule has 1 aliphatic rings. The van der Waals surface area contributed by atoms with Gasteiger partial charge in [-0.1, -0.05) is 322 Å². The van der Waals surface area contributed by atoms with Crippen molar-refractivity contribution in [2.45, 2.75) is 391 Å². The number of unbranched alkanes of at least 4 members (excludes halogenated alkanes) is 45. The van der Waals surface area contributed by atoms with E-state index in [1.165, 1.54) is 238 Å². The molecule has 462 valence electrons. The van der Waals surface area contributed by atoms with E-state index >= 15 is 0 Å². The van der Waals surface area contributed by atoms with Gasteiger partial charge in [0.05, 0.1) is 25.4 Å². The maximum atomic E-state index is 13.4. The number of aliphatic hydroxyl groups is 5. The van der Waals surface area contributed by atoms with Gasteiger partial charge in [-0.25, -0.2) is 0 Å². The van der Waals surface area contributed by atoms with Crippen molar-refractivity contribution in [2.75, 3.05) is 13.2 Å². The molecule has 1 heterocycles. The first-order chi connectivity index (χ1) is 38.2. The Morgan fingerprint density at radius 3 is 1.21 bits per heavy atom. The maximum Gasteiger partial charge on any atom is 0.306 e. The number of nitrogens with one attached hydrogen (secondary N) is 1. The van der Waals surface area contributed by atoms with Crippen molar-refractivity contribution in [3.63, 3.8) is 0 Å². The fraction of sp³-hybridized carbons (Fsp3) is 0.940. The molecule has 1 amide bonds. The number of ether oxygens (including phenoxy) is 3. The van der Waals surface area contributed by atoms with Crippen molar-refractivity contribution < 1.29 is 49.3 Å². The molecule has 0 aromatic carbocycles. The van der Waals surface area contributed by atoms with E-state index in [2.05, 4.69) is 26.1 Å². The second kappa shape index (κ2) is 55.9. The predicted octanol–water partition coefficient (Wildman–Crippen LogP) is 16.7. The highest BCUT2D eigenvalue weighted by atomic mass is 16.7. The molecule has 1 saturated heterocycles. The molecule has 1 aliphatic heterocycles. The van der Waals surface area contributed by atoms with Crippen molar-refractivity contribution in [1.82, 2.24) is 5.32 Å². The zero-order valence-electron chi connectivity index (χ0n) is 51.3. The molecule has 0 aliphatic carbocycles. The highest BCUT2D eigenvalue weighted by Crippen LogP contribution is 2.26. The van der Waals surface area contributed by atoms with Gasteiger partial charge in [0.15, 0.2) is 12.4 Å². The minimum atomic E-state index is -1.61. The lowest BCUT2D eigenvalue weighted by atomic mass is 9.99. The fourth-order valence-electron chi connectivity index (χ4n) is 11.1. The molecular formula is C67H129NO10. The lowest BCUT2D eigenvalue weighted by Crippen LogP contribution is -2.61. The molecule has 8 atom stereocenters. The van der Waals surface area contributed by atoms with Crippen LogP contribution < -0.4 is 5.32 Å². The van der Waals surface area contributed by atoms with Gasteiger partial charge in [0.25, 0.3) is 0 Å². The lowest BCUT2D eigenvalue weighted by Gasteiger charge is -2.41. The van der Waals surface area contributed by atoms with Crippen molar-refractivity contribution >= 4 is 11.9 Å². The molecule has 1 fully saturated rings. The van der Waals surface area contributed by atoms with Gasteiger partial charge in [-0.05, 0) is 25.7 Å². The predicted molar refractivity (Wildman–Crippen MR) is 325 cm³/mol.